The molecule has 0 atom stereocenters. The van der Waals surface area contributed by atoms with E-state index in [0.29, 0.717) is 28.1 Å². The van der Waals surface area contributed by atoms with Gasteiger partial charge in [-0.05, 0) is 37.1 Å². The van der Waals surface area contributed by atoms with Gasteiger partial charge in [0.2, 0.25) is 0 Å². The van der Waals surface area contributed by atoms with Crippen molar-refractivity contribution in [1.29, 1.82) is 0 Å². The van der Waals surface area contributed by atoms with Crippen molar-refractivity contribution in [3.8, 4) is 0 Å². The van der Waals surface area contributed by atoms with E-state index in [1.165, 1.54) is 12.1 Å². The Balaban J connectivity index is 2.24. The van der Waals surface area contributed by atoms with Crippen LogP contribution in [-0.4, -0.2) is 28.2 Å². The topological polar surface area (TPSA) is 49.3 Å². The largest absolute Gasteiger partial charge is 0.508 e. The Hall–Kier alpha value is -2.69. The fourth-order valence-electron chi connectivity index (χ4n) is 2.79. The smallest absolute Gasteiger partial charge is 0.165 e. The lowest BCUT2D eigenvalue weighted by atomic mass is 10.1. The molecule has 0 saturated carbocycles. The van der Waals surface area contributed by atoms with Crippen molar-refractivity contribution in [3.63, 3.8) is 0 Å². The molecule has 0 spiro atoms. The van der Waals surface area contributed by atoms with E-state index in [0.717, 1.165) is 25.9 Å². The molecule has 118 valence electrons. The van der Waals surface area contributed by atoms with Crippen molar-refractivity contribution in [1.82, 2.24) is 9.97 Å². The second kappa shape index (κ2) is 6.20. The van der Waals surface area contributed by atoms with E-state index in [1.54, 1.807) is 18.2 Å². The van der Waals surface area contributed by atoms with E-state index in [1.807, 2.05) is 0 Å². The van der Waals surface area contributed by atoms with E-state index >= 15 is 0 Å². The molecule has 1 aliphatic rings. The summed E-state index contributed by atoms with van der Waals surface area (Å²) >= 11 is 0. The Labute approximate surface area is 134 Å². The van der Waals surface area contributed by atoms with Gasteiger partial charge in [0.05, 0.1) is 11.1 Å². The molecule has 0 aliphatic carbocycles. The van der Waals surface area contributed by atoms with Crippen LogP contribution in [0.4, 0.5) is 10.2 Å². The summed E-state index contributed by atoms with van der Waals surface area (Å²) in [5, 5.41) is 10.5. The third-order valence-electron chi connectivity index (χ3n) is 3.88. The molecule has 4 nitrogen and oxygen atoms in total. The standard InChI is InChI=1S/C18H18FN3O/c1-3-6-14(12(2)23)17-20-16-8-7-13(19)11-15(16)18(21-17)22-9-4-5-10-22/h3,6-8,11,23H,1-2,4-5,9-10H2/b14-6+. The predicted octanol–water partition coefficient (Wildman–Crippen LogP) is 4.01. The molecule has 0 unspecified atom stereocenters. The van der Waals surface area contributed by atoms with Crippen LogP contribution in [0.3, 0.4) is 0 Å². The monoisotopic (exact) mass is 311 g/mol. The SMILES string of the molecule is C=C/C=C(\C(=C)O)c1nc(N2CCCC2)c2cc(F)ccc2n1. The number of fused-ring (bicyclic) bond motifs is 1. The average Bonchev–Trinajstić information content (AvgIpc) is 3.05. The maximum Gasteiger partial charge on any atom is 0.165 e. The number of allylic oxidation sites excluding steroid dienone is 3. The molecule has 23 heavy (non-hydrogen) atoms. The summed E-state index contributed by atoms with van der Waals surface area (Å²) in [4.78, 5) is 11.1. The van der Waals surface area contributed by atoms with Gasteiger partial charge in [0.1, 0.15) is 17.4 Å². The minimum atomic E-state index is -0.317. The summed E-state index contributed by atoms with van der Waals surface area (Å²) in [6.07, 6.45) is 5.32. The van der Waals surface area contributed by atoms with Gasteiger partial charge in [-0.1, -0.05) is 19.2 Å². The molecule has 0 amide bonds. The number of aliphatic hydroxyl groups excluding tert-OH is 1. The number of nitrogens with zero attached hydrogens (tertiary/aromatic N) is 3. The fraction of sp³-hybridized carbons (Fsp3) is 0.222. The van der Waals surface area contributed by atoms with Crippen LogP contribution in [0.1, 0.15) is 18.7 Å². The first-order valence-corrected chi connectivity index (χ1v) is 7.53. The first kappa shape index (κ1) is 15.2. The van der Waals surface area contributed by atoms with E-state index < -0.39 is 0 Å². The zero-order chi connectivity index (χ0) is 16.4. The Kier molecular flexibility index (Phi) is 4.10. The first-order valence-electron chi connectivity index (χ1n) is 7.53. The highest BCUT2D eigenvalue weighted by atomic mass is 19.1. The van der Waals surface area contributed by atoms with Crippen LogP contribution in [0.15, 0.2) is 49.3 Å². The molecule has 1 aromatic heterocycles. The van der Waals surface area contributed by atoms with Gasteiger partial charge < -0.3 is 10.0 Å². The van der Waals surface area contributed by atoms with Crippen LogP contribution >= 0.6 is 0 Å². The number of hydrogen-bond acceptors (Lipinski definition) is 4. The summed E-state index contributed by atoms with van der Waals surface area (Å²) in [5.74, 6) is 0.609. The molecule has 2 heterocycles. The molecular formula is C18H18FN3O. The van der Waals surface area contributed by atoms with Gasteiger partial charge in [0.15, 0.2) is 5.82 Å². The quantitative estimate of drug-likeness (QED) is 0.684. The van der Waals surface area contributed by atoms with Gasteiger partial charge in [-0.25, -0.2) is 14.4 Å². The molecule has 3 rings (SSSR count). The molecule has 1 saturated heterocycles. The molecule has 1 fully saturated rings. The molecule has 0 bridgehead atoms. The summed E-state index contributed by atoms with van der Waals surface area (Å²) in [6.45, 7) is 8.95. The Morgan fingerprint density at radius 2 is 2.00 bits per heavy atom. The summed E-state index contributed by atoms with van der Waals surface area (Å²) in [5.41, 5.74) is 1.04. The summed E-state index contributed by atoms with van der Waals surface area (Å²) in [7, 11) is 0. The number of anilines is 1. The number of aromatic nitrogens is 2. The van der Waals surface area contributed by atoms with E-state index in [-0.39, 0.29) is 11.6 Å². The van der Waals surface area contributed by atoms with Gasteiger partial charge in [-0.3, -0.25) is 0 Å². The lowest BCUT2D eigenvalue weighted by Crippen LogP contribution is -2.20. The van der Waals surface area contributed by atoms with Gasteiger partial charge in [-0.15, -0.1) is 0 Å². The van der Waals surface area contributed by atoms with E-state index in [4.69, 9.17) is 0 Å². The van der Waals surface area contributed by atoms with Gasteiger partial charge in [0, 0.05) is 18.5 Å². The lowest BCUT2D eigenvalue weighted by Gasteiger charge is -2.19. The normalized spacial score (nSPS) is 15.2. The number of aliphatic hydroxyl groups is 1. The molecule has 0 radical (unpaired) electrons. The van der Waals surface area contributed by atoms with Crippen LogP contribution in [-0.2, 0) is 0 Å². The Morgan fingerprint density at radius 3 is 2.65 bits per heavy atom. The van der Waals surface area contributed by atoms with E-state index in [9.17, 15) is 9.50 Å². The minimum absolute atomic E-state index is 0.126. The summed E-state index contributed by atoms with van der Waals surface area (Å²) < 4.78 is 13.7. The van der Waals surface area contributed by atoms with Crippen molar-refractivity contribution >= 4 is 22.3 Å². The third kappa shape index (κ3) is 2.95. The number of benzene rings is 1. The third-order valence-corrected chi connectivity index (χ3v) is 3.88. The Morgan fingerprint density at radius 1 is 1.26 bits per heavy atom. The van der Waals surface area contributed by atoms with Gasteiger partial charge in [-0.2, -0.15) is 0 Å². The van der Waals surface area contributed by atoms with Crippen molar-refractivity contribution < 1.29 is 9.50 Å². The van der Waals surface area contributed by atoms with Crippen molar-refractivity contribution in [2.75, 3.05) is 18.0 Å². The molecule has 5 heteroatoms. The maximum atomic E-state index is 13.7. The lowest BCUT2D eigenvalue weighted by molar-refractivity contribution is 0.440. The van der Waals surface area contributed by atoms with E-state index in [2.05, 4.69) is 28.0 Å². The number of rotatable bonds is 4. The molecule has 1 aromatic carbocycles. The van der Waals surface area contributed by atoms with Crippen molar-refractivity contribution in [3.05, 3.63) is 60.9 Å². The molecule has 2 aromatic rings. The average molecular weight is 311 g/mol. The number of halogens is 1. The fourth-order valence-corrected chi connectivity index (χ4v) is 2.79. The van der Waals surface area contributed by atoms with Gasteiger partial charge in [0.25, 0.3) is 0 Å². The van der Waals surface area contributed by atoms with Crippen LogP contribution in [0.2, 0.25) is 0 Å². The molecular weight excluding hydrogens is 293 g/mol. The van der Waals surface area contributed by atoms with Crippen molar-refractivity contribution in [2.24, 2.45) is 0 Å². The predicted molar refractivity (Wildman–Crippen MR) is 90.9 cm³/mol. The van der Waals surface area contributed by atoms with Crippen LogP contribution in [0.5, 0.6) is 0 Å². The second-order valence-corrected chi connectivity index (χ2v) is 5.49. The highest BCUT2D eigenvalue weighted by Gasteiger charge is 2.20. The highest BCUT2D eigenvalue weighted by molar-refractivity contribution is 5.91. The highest BCUT2D eigenvalue weighted by Crippen LogP contribution is 2.30. The maximum absolute atomic E-state index is 13.7. The van der Waals surface area contributed by atoms with Crippen molar-refractivity contribution in [2.45, 2.75) is 12.8 Å². The molecule has 1 N–H and O–H groups in total. The zero-order valence-electron chi connectivity index (χ0n) is 12.8. The molecule has 1 aliphatic heterocycles. The zero-order valence-corrected chi connectivity index (χ0v) is 12.8. The Bertz CT molecular complexity index is 807. The number of hydrogen-bond donors (Lipinski definition) is 1. The van der Waals surface area contributed by atoms with Gasteiger partial charge >= 0.3 is 0 Å². The summed E-state index contributed by atoms with van der Waals surface area (Å²) in [6, 6.07) is 4.45. The minimum Gasteiger partial charge on any atom is -0.508 e. The van der Waals surface area contributed by atoms with Crippen LogP contribution in [0.25, 0.3) is 16.5 Å². The van der Waals surface area contributed by atoms with Crippen LogP contribution in [0, 0.1) is 5.82 Å². The first-order chi connectivity index (χ1) is 11.1. The van der Waals surface area contributed by atoms with Crippen LogP contribution < -0.4 is 4.90 Å². The second-order valence-electron chi connectivity index (χ2n) is 5.49.